The minimum atomic E-state index is -0.684. The number of nitrogens with one attached hydrogen (secondary N) is 1. The summed E-state index contributed by atoms with van der Waals surface area (Å²) in [6.07, 6.45) is -0.0195. The Bertz CT molecular complexity index is 992. The van der Waals surface area contributed by atoms with Crippen molar-refractivity contribution in [2.24, 2.45) is 5.92 Å². The summed E-state index contributed by atoms with van der Waals surface area (Å²) < 4.78 is 10.0. The smallest absolute Gasteiger partial charge is 0.338 e. The zero-order valence-corrected chi connectivity index (χ0v) is 17.6. The average Bonchev–Trinajstić information content (AvgIpc) is 3.14. The van der Waals surface area contributed by atoms with Crippen LogP contribution in [0.15, 0.2) is 48.5 Å². The quantitative estimate of drug-likeness (QED) is 0.658. The summed E-state index contributed by atoms with van der Waals surface area (Å²) in [5.74, 6) is -2.50. The van der Waals surface area contributed by atoms with Gasteiger partial charge < -0.3 is 19.7 Å². The van der Waals surface area contributed by atoms with Crippen LogP contribution >= 0.6 is 11.6 Å². The zero-order chi connectivity index (χ0) is 22.4. The number of halogens is 1. The third-order valence-corrected chi connectivity index (χ3v) is 4.84. The van der Waals surface area contributed by atoms with Crippen molar-refractivity contribution in [3.63, 3.8) is 0 Å². The van der Waals surface area contributed by atoms with E-state index in [2.05, 4.69) is 5.32 Å². The summed E-state index contributed by atoms with van der Waals surface area (Å²) in [4.78, 5) is 49.9. The Morgan fingerprint density at radius 2 is 1.87 bits per heavy atom. The summed E-state index contributed by atoms with van der Waals surface area (Å²) in [5.41, 5.74) is 1.42. The number of hydrogen-bond donors (Lipinski definition) is 1. The van der Waals surface area contributed by atoms with Gasteiger partial charge in [-0.15, -0.1) is 0 Å². The first-order chi connectivity index (χ1) is 14.9. The molecule has 0 aromatic heterocycles. The zero-order valence-electron chi connectivity index (χ0n) is 16.8. The van der Waals surface area contributed by atoms with Crippen molar-refractivity contribution in [1.82, 2.24) is 0 Å². The molecule has 0 unspecified atom stereocenters. The molecule has 1 aliphatic heterocycles. The molecule has 1 aliphatic rings. The Labute approximate surface area is 184 Å². The SMILES string of the molecule is CCOC(=O)c1ccc(N2C[C@@H](C(=O)OCC(=O)Nc3cccc(Cl)c3)CC2=O)cc1. The topological polar surface area (TPSA) is 102 Å². The lowest BCUT2D eigenvalue weighted by Crippen LogP contribution is -2.28. The van der Waals surface area contributed by atoms with E-state index in [0.29, 0.717) is 22.0 Å². The molecule has 1 fully saturated rings. The van der Waals surface area contributed by atoms with Gasteiger partial charge in [0.1, 0.15) is 0 Å². The number of benzene rings is 2. The number of carbonyl (C=O) groups is 4. The van der Waals surface area contributed by atoms with Crippen LogP contribution in [0.2, 0.25) is 5.02 Å². The molecule has 0 radical (unpaired) electrons. The monoisotopic (exact) mass is 444 g/mol. The molecule has 9 heteroatoms. The highest BCUT2D eigenvalue weighted by Gasteiger charge is 2.36. The molecule has 2 aromatic rings. The van der Waals surface area contributed by atoms with Crippen molar-refractivity contribution in [3.05, 3.63) is 59.1 Å². The van der Waals surface area contributed by atoms with Crippen molar-refractivity contribution in [1.29, 1.82) is 0 Å². The van der Waals surface area contributed by atoms with E-state index in [1.54, 1.807) is 55.5 Å². The van der Waals surface area contributed by atoms with Crippen molar-refractivity contribution in [2.75, 3.05) is 30.0 Å². The molecule has 1 N–H and O–H groups in total. The maximum absolute atomic E-state index is 12.4. The Hall–Kier alpha value is -3.39. The van der Waals surface area contributed by atoms with Gasteiger partial charge in [0.25, 0.3) is 5.91 Å². The van der Waals surface area contributed by atoms with Crippen LogP contribution in [0.25, 0.3) is 0 Å². The van der Waals surface area contributed by atoms with E-state index >= 15 is 0 Å². The summed E-state index contributed by atoms with van der Waals surface area (Å²) >= 11 is 5.86. The van der Waals surface area contributed by atoms with Crippen LogP contribution in [0.3, 0.4) is 0 Å². The van der Waals surface area contributed by atoms with E-state index in [4.69, 9.17) is 21.1 Å². The van der Waals surface area contributed by atoms with E-state index in [-0.39, 0.29) is 25.5 Å². The molecule has 0 spiro atoms. The number of ether oxygens (including phenoxy) is 2. The Balaban J connectivity index is 1.52. The predicted octanol–water partition coefficient (Wildman–Crippen LogP) is 3.05. The predicted molar refractivity (Wildman–Crippen MR) is 114 cm³/mol. The van der Waals surface area contributed by atoms with Gasteiger partial charge in [-0.3, -0.25) is 14.4 Å². The molecule has 31 heavy (non-hydrogen) atoms. The highest BCUT2D eigenvalue weighted by Crippen LogP contribution is 2.26. The molecule has 162 valence electrons. The van der Waals surface area contributed by atoms with Gasteiger partial charge in [0.05, 0.1) is 18.1 Å². The van der Waals surface area contributed by atoms with E-state index in [0.717, 1.165) is 0 Å². The van der Waals surface area contributed by atoms with Crippen LogP contribution in [0.4, 0.5) is 11.4 Å². The number of nitrogens with zero attached hydrogens (tertiary/aromatic N) is 1. The number of rotatable bonds is 7. The Morgan fingerprint density at radius 3 is 2.55 bits per heavy atom. The van der Waals surface area contributed by atoms with Gasteiger partial charge in [0.2, 0.25) is 5.91 Å². The van der Waals surface area contributed by atoms with Gasteiger partial charge >= 0.3 is 11.9 Å². The first-order valence-electron chi connectivity index (χ1n) is 9.67. The Morgan fingerprint density at radius 1 is 1.13 bits per heavy atom. The number of esters is 2. The summed E-state index contributed by atoms with van der Waals surface area (Å²) in [6, 6.07) is 13.0. The molecule has 8 nitrogen and oxygen atoms in total. The minimum Gasteiger partial charge on any atom is -0.462 e. The molecule has 2 amide bonds. The lowest BCUT2D eigenvalue weighted by molar-refractivity contribution is -0.151. The lowest BCUT2D eigenvalue weighted by Gasteiger charge is -2.17. The van der Waals surface area contributed by atoms with Gasteiger partial charge in [-0.2, -0.15) is 0 Å². The second kappa shape index (κ2) is 10.1. The van der Waals surface area contributed by atoms with Gasteiger partial charge in [0.15, 0.2) is 6.61 Å². The molecule has 0 aliphatic carbocycles. The number of amides is 2. The highest BCUT2D eigenvalue weighted by molar-refractivity contribution is 6.30. The van der Waals surface area contributed by atoms with E-state index < -0.39 is 30.4 Å². The normalized spacial score (nSPS) is 15.5. The molecule has 3 rings (SSSR count). The van der Waals surface area contributed by atoms with Crippen molar-refractivity contribution >= 4 is 46.7 Å². The van der Waals surface area contributed by atoms with Gasteiger partial charge in [-0.1, -0.05) is 17.7 Å². The van der Waals surface area contributed by atoms with E-state index in [9.17, 15) is 19.2 Å². The minimum absolute atomic E-state index is 0.0195. The molecule has 1 heterocycles. The fourth-order valence-electron chi connectivity index (χ4n) is 3.12. The molecule has 1 atom stereocenters. The lowest BCUT2D eigenvalue weighted by atomic mass is 10.1. The fraction of sp³-hybridized carbons (Fsp3) is 0.273. The average molecular weight is 445 g/mol. The molecule has 0 bridgehead atoms. The standard InChI is InChI=1S/C22H21ClN2O6/c1-2-30-21(28)14-6-8-18(9-7-14)25-12-15(10-20(25)27)22(29)31-13-19(26)24-17-5-3-4-16(23)11-17/h3-9,11,15H,2,10,12-13H2,1H3,(H,24,26)/t15-/m0/s1. The second-order valence-electron chi connectivity index (χ2n) is 6.84. The highest BCUT2D eigenvalue weighted by atomic mass is 35.5. The van der Waals surface area contributed by atoms with Gasteiger partial charge in [-0.25, -0.2) is 4.79 Å². The molecular weight excluding hydrogens is 424 g/mol. The first-order valence-corrected chi connectivity index (χ1v) is 10.0. The number of carbonyl (C=O) groups excluding carboxylic acids is 4. The van der Waals surface area contributed by atoms with Crippen LogP contribution in [0.5, 0.6) is 0 Å². The molecular formula is C22H21ClN2O6. The summed E-state index contributed by atoms with van der Waals surface area (Å²) in [7, 11) is 0. The molecule has 1 saturated heterocycles. The van der Waals surface area contributed by atoms with Crippen LogP contribution in [-0.4, -0.2) is 43.5 Å². The largest absolute Gasteiger partial charge is 0.462 e. The van der Waals surface area contributed by atoms with Gasteiger partial charge in [-0.05, 0) is 49.4 Å². The third-order valence-electron chi connectivity index (χ3n) is 4.60. The summed E-state index contributed by atoms with van der Waals surface area (Å²) in [5, 5.41) is 3.05. The van der Waals surface area contributed by atoms with Crippen molar-refractivity contribution in [2.45, 2.75) is 13.3 Å². The second-order valence-corrected chi connectivity index (χ2v) is 7.28. The Kier molecular flexibility index (Phi) is 7.25. The van der Waals surface area contributed by atoms with E-state index in [1.807, 2.05) is 0 Å². The summed E-state index contributed by atoms with van der Waals surface area (Å²) in [6.45, 7) is 1.65. The van der Waals surface area contributed by atoms with Crippen molar-refractivity contribution in [3.8, 4) is 0 Å². The molecule has 2 aromatic carbocycles. The fourth-order valence-corrected chi connectivity index (χ4v) is 3.32. The van der Waals surface area contributed by atoms with Crippen molar-refractivity contribution < 1.29 is 28.7 Å². The van der Waals surface area contributed by atoms with Crippen LogP contribution in [0.1, 0.15) is 23.7 Å². The van der Waals surface area contributed by atoms with E-state index in [1.165, 1.54) is 4.90 Å². The maximum Gasteiger partial charge on any atom is 0.338 e. The number of hydrogen-bond acceptors (Lipinski definition) is 6. The van der Waals surface area contributed by atoms with Crippen LogP contribution in [-0.2, 0) is 23.9 Å². The molecule has 0 saturated carbocycles. The van der Waals surface area contributed by atoms with Crippen LogP contribution < -0.4 is 10.2 Å². The van der Waals surface area contributed by atoms with Crippen LogP contribution in [0, 0.1) is 5.92 Å². The first kappa shape index (κ1) is 22.3. The third kappa shape index (κ3) is 5.82. The number of anilines is 2. The maximum atomic E-state index is 12.4. The van der Waals surface area contributed by atoms with Gasteiger partial charge in [0, 0.05) is 29.4 Å².